The highest BCUT2D eigenvalue weighted by atomic mass is 19.1. The van der Waals surface area contributed by atoms with E-state index >= 15 is 0 Å². The maximum atomic E-state index is 13.0. The van der Waals surface area contributed by atoms with Crippen molar-refractivity contribution < 1.29 is 13.9 Å². The molecule has 5 heteroatoms. The number of pyridine rings is 1. The molecule has 2 aromatic rings. The average molecular weight is 286 g/mol. The summed E-state index contributed by atoms with van der Waals surface area (Å²) in [6, 6.07) is 12.1. The van der Waals surface area contributed by atoms with Crippen molar-refractivity contribution in [2.24, 2.45) is 0 Å². The number of anilines is 1. The molecule has 0 saturated carbocycles. The molecule has 1 aliphatic rings. The van der Waals surface area contributed by atoms with Gasteiger partial charge in [0.05, 0.1) is 11.9 Å². The number of hydrogen-bond donors (Lipinski definition) is 0. The second-order valence-electron chi connectivity index (χ2n) is 5.49. The second kappa shape index (κ2) is 4.84. The number of rotatable bonds is 2. The zero-order chi connectivity index (χ0) is 15.0. The molecule has 1 fully saturated rings. The number of amides is 1. The van der Waals surface area contributed by atoms with E-state index in [0.29, 0.717) is 5.69 Å². The Hall–Kier alpha value is -2.43. The van der Waals surface area contributed by atoms with Gasteiger partial charge in [-0.05, 0) is 31.5 Å². The molecule has 2 heterocycles. The van der Waals surface area contributed by atoms with E-state index in [2.05, 4.69) is 4.98 Å². The van der Waals surface area contributed by atoms with E-state index in [1.807, 2.05) is 44.2 Å². The minimum atomic E-state index is -0.688. The molecule has 1 aromatic heterocycles. The number of halogens is 1. The summed E-state index contributed by atoms with van der Waals surface area (Å²) in [7, 11) is 0. The molecule has 0 unspecified atom stereocenters. The molecule has 1 aliphatic heterocycles. The fourth-order valence-electron chi connectivity index (χ4n) is 2.70. The second-order valence-corrected chi connectivity index (χ2v) is 5.49. The van der Waals surface area contributed by atoms with Crippen molar-refractivity contribution in [3.8, 4) is 0 Å². The van der Waals surface area contributed by atoms with E-state index in [0.717, 1.165) is 5.56 Å². The Morgan fingerprint density at radius 2 is 1.90 bits per heavy atom. The number of ether oxygens (including phenoxy) is 1. The zero-order valence-corrected chi connectivity index (χ0v) is 11.8. The SMILES string of the molecule is CC1(C)OC(=O)N(c2ccc(F)nc2)[C@H]1c1ccccc1. The molecule has 0 aliphatic carbocycles. The molecule has 0 N–H and O–H groups in total. The van der Waals surface area contributed by atoms with Gasteiger partial charge in [-0.15, -0.1) is 0 Å². The van der Waals surface area contributed by atoms with Crippen molar-refractivity contribution in [1.29, 1.82) is 0 Å². The summed E-state index contributed by atoms with van der Waals surface area (Å²) < 4.78 is 18.5. The molecule has 1 amide bonds. The van der Waals surface area contributed by atoms with Crippen molar-refractivity contribution >= 4 is 11.8 Å². The van der Waals surface area contributed by atoms with Crippen molar-refractivity contribution in [2.75, 3.05) is 4.90 Å². The van der Waals surface area contributed by atoms with Crippen LogP contribution in [0.1, 0.15) is 25.5 Å². The molecule has 3 rings (SSSR count). The highest BCUT2D eigenvalue weighted by Gasteiger charge is 2.49. The molecule has 4 nitrogen and oxygen atoms in total. The van der Waals surface area contributed by atoms with Gasteiger partial charge in [0.25, 0.3) is 0 Å². The monoisotopic (exact) mass is 286 g/mol. The summed E-state index contributed by atoms with van der Waals surface area (Å²) in [5.74, 6) is -0.582. The lowest BCUT2D eigenvalue weighted by Gasteiger charge is -2.29. The van der Waals surface area contributed by atoms with Gasteiger partial charge in [0.2, 0.25) is 5.95 Å². The van der Waals surface area contributed by atoms with Crippen LogP contribution in [0.5, 0.6) is 0 Å². The van der Waals surface area contributed by atoms with Crippen LogP contribution in [0.25, 0.3) is 0 Å². The molecule has 108 valence electrons. The number of aromatic nitrogens is 1. The fraction of sp³-hybridized carbons (Fsp3) is 0.250. The minimum absolute atomic E-state index is 0.293. The van der Waals surface area contributed by atoms with Crippen LogP contribution in [0, 0.1) is 5.95 Å². The van der Waals surface area contributed by atoms with Gasteiger partial charge < -0.3 is 4.74 Å². The number of benzene rings is 1. The van der Waals surface area contributed by atoms with Gasteiger partial charge in [-0.25, -0.2) is 9.78 Å². The predicted molar refractivity (Wildman–Crippen MR) is 76.4 cm³/mol. The number of nitrogens with zero attached hydrogens (tertiary/aromatic N) is 2. The first-order valence-corrected chi connectivity index (χ1v) is 6.68. The number of carbonyl (C=O) groups is 1. The quantitative estimate of drug-likeness (QED) is 0.791. The molecular weight excluding hydrogens is 271 g/mol. The first kappa shape index (κ1) is 13.5. The Bertz CT molecular complexity index is 656. The topological polar surface area (TPSA) is 42.4 Å². The molecule has 0 radical (unpaired) electrons. The number of hydrogen-bond acceptors (Lipinski definition) is 3. The van der Waals surface area contributed by atoms with Crippen LogP contribution >= 0.6 is 0 Å². The summed E-state index contributed by atoms with van der Waals surface area (Å²) in [4.78, 5) is 17.4. The molecule has 1 aromatic carbocycles. The Morgan fingerprint density at radius 1 is 1.19 bits per heavy atom. The van der Waals surface area contributed by atoms with Crippen LogP contribution in [0.15, 0.2) is 48.7 Å². The van der Waals surface area contributed by atoms with Crippen LogP contribution in [0.4, 0.5) is 14.9 Å². The first-order chi connectivity index (χ1) is 9.99. The van der Waals surface area contributed by atoms with Crippen molar-refractivity contribution in [3.05, 3.63) is 60.2 Å². The van der Waals surface area contributed by atoms with Crippen molar-refractivity contribution in [1.82, 2.24) is 4.98 Å². The normalized spacial score (nSPS) is 20.4. The summed E-state index contributed by atoms with van der Waals surface area (Å²) in [6.45, 7) is 3.72. The molecule has 0 bridgehead atoms. The van der Waals surface area contributed by atoms with Gasteiger partial charge >= 0.3 is 6.09 Å². The van der Waals surface area contributed by atoms with Gasteiger partial charge in [-0.1, -0.05) is 30.3 Å². The lowest BCUT2D eigenvalue weighted by atomic mass is 9.91. The standard InChI is InChI=1S/C16H15FN2O2/c1-16(2)14(11-6-4-3-5-7-11)19(15(20)21-16)12-8-9-13(17)18-10-12/h3-10,14H,1-2H3/t14-/m0/s1. The third-order valence-corrected chi connectivity index (χ3v) is 3.57. The highest BCUT2D eigenvalue weighted by molar-refractivity contribution is 5.91. The Kier molecular flexibility index (Phi) is 3.12. The summed E-state index contributed by atoms with van der Waals surface area (Å²) in [6.07, 6.45) is 0.885. The van der Waals surface area contributed by atoms with Crippen molar-refractivity contribution in [2.45, 2.75) is 25.5 Å². The fourth-order valence-corrected chi connectivity index (χ4v) is 2.70. The summed E-state index contributed by atoms with van der Waals surface area (Å²) in [5, 5.41) is 0. The van der Waals surface area contributed by atoms with E-state index in [1.165, 1.54) is 23.2 Å². The Balaban J connectivity index is 2.08. The lowest BCUT2D eigenvalue weighted by molar-refractivity contribution is 0.0685. The van der Waals surface area contributed by atoms with Gasteiger partial charge in [0, 0.05) is 0 Å². The van der Waals surface area contributed by atoms with Gasteiger partial charge in [-0.3, -0.25) is 4.90 Å². The third kappa shape index (κ3) is 2.35. The Morgan fingerprint density at radius 3 is 2.52 bits per heavy atom. The third-order valence-electron chi connectivity index (χ3n) is 3.57. The van der Waals surface area contributed by atoms with Crippen molar-refractivity contribution in [3.63, 3.8) is 0 Å². The van der Waals surface area contributed by atoms with Gasteiger partial charge in [-0.2, -0.15) is 4.39 Å². The first-order valence-electron chi connectivity index (χ1n) is 6.68. The summed E-state index contributed by atoms with van der Waals surface area (Å²) in [5.41, 5.74) is 0.783. The van der Waals surface area contributed by atoms with Gasteiger partial charge in [0.1, 0.15) is 11.6 Å². The van der Waals surface area contributed by atoms with E-state index in [9.17, 15) is 9.18 Å². The minimum Gasteiger partial charge on any atom is -0.441 e. The summed E-state index contributed by atoms with van der Waals surface area (Å²) >= 11 is 0. The number of carbonyl (C=O) groups excluding carboxylic acids is 1. The smallest absolute Gasteiger partial charge is 0.415 e. The average Bonchev–Trinajstić information content (AvgIpc) is 2.70. The predicted octanol–water partition coefficient (Wildman–Crippen LogP) is 3.70. The zero-order valence-electron chi connectivity index (χ0n) is 11.8. The molecule has 21 heavy (non-hydrogen) atoms. The molecule has 1 saturated heterocycles. The maximum Gasteiger partial charge on any atom is 0.415 e. The highest BCUT2D eigenvalue weighted by Crippen LogP contribution is 2.43. The maximum absolute atomic E-state index is 13.0. The van der Waals surface area contributed by atoms with Gasteiger partial charge in [0.15, 0.2) is 0 Å². The van der Waals surface area contributed by atoms with Crippen LogP contribution in [-0.4, -0.2) is 16.7 Å². The van der Waals surface area contributed by atoms with E-state index in [4.69, 9.17) is 4.74 Å². The van der Waals surface area contributed by atoms with Crippen LogP contribution in [0.3, 0.4) is 0 Å². The van der Waals surface area contributed by atoms with Crippen LogP contribution in [0.2, 0.25) is 0 Å². The van der Waals surface area contributed by atoms with Crippen LogP contribution < -0.4 is 4.90 Å². The Labute approximate surface area is 122 Å². The van der Waals surface area contributed by atoms with E-state index in [-0.39, 0.29) is 6.04 Å². The molecule has 0 spiro atoms. The van der Waals surface area contributed by atoms with Crippen LogP contribution in [-0.2, 0) is 4.74 Å². The molecule has 1 atom stereocenters. The largest absolute Gasteiger partial charge is 0.441 e. The van der Waals surface area contributed by atoms with E-state index < -0.39 is 17.6 Å². The van der Waals surface area contributed by atoms with E-state index in [1.54, 1.807) is 0 Å². The lowest BCUT2D eigenvalue weighted by Crippen LogP contribution is -2.33. The molecular formula is C16H15FN2O2. The number of cyclic esters (lactones) is 1.